The second-order valence-corrected chi connectivity index (χ2v) is 8.24. The highest BCUT2D eigenvalue weighted by Crippen LogP contribution is 2.30. The normalized spacial score (nSPS) is 13.6. The molecule has 1 amide bonds. The molecule has 150 valence electrons. The number of carbonyl (C=O) groups excluding carboxylic acids is 1. The molecule has 0 aliphatic rings. The summed E-state index contributed by atoms with van der Waals surface area (Å²) in [5, 5.41) is 11.1. The maximum atomic E-state index is 13.3. The molecule has 0 saturated carbocycles. The van der Waals surface area contributed by atoms with Crippen LogP contribution in [0.2, 0.25) is 0 Å². The number of carbonyl (C=O) groups is 1. The molecule has 0 unspecified atom stereocenters. The van der Waals surface area contributed by atoms with Crippen LogP contribution in [-0.4, -0.2) is 20.3 Å². The van der Waals surface area contributed by atoms with Gasteiger partial charge in [0.1, 0.15) is 11.6 Å². The molecule has 4 rings (SSSR count). The molecule has 1 aromatic carbocycles. The summed E-state index contributed by atoms with van der Waals surface area (Å²) in [7, 11) is 1.63. The number of para-hydroxylation sites is 1. The molecule has 0 bridgehead atoms. The van der Waals surface area contributed by atoms with E-state index >= 15 is 0 Å². The lowest BCUT2D eigenvalue weighted by Crippen LogP contribution is -2.34. The van der Waals surface area contributed by atoms with E-state index in [4.69, 9.17) is 0 Å². The lowest BCUT2D eigenvalue weighted by atomic mass is 10.1. The van der Waals surface area contributed by atoms with Gasteiger partial charge in [0, 0.05) is 22.7 Å². The molecule has 0 fully saturated rings. The number of amides is 1. The average molecular weight is 409 g/mol. The molecule has 0 aliphatic heterocycles. The zero-order valence-corrected chi connectivity index (χ0v) is 17.6. The van der Waals surface area contributed by atoms with E-state index in [0.717, 1.165) is 34.0 Å². The summed E-state index contributed by atoms with van der Waals surface area (Å²) >= 11 is 1.65. The molecule has 29 heavy (non-hydrogen) atoms. The van der Waals surface area contributed by atoms with E-state index in [1.807, 2.05) is 47.2 Å². The van der Waals surface area contributed by atoms with E-state index < -0.39 is 6.04 Å². The van der Waals surface area contributed by atoms with Gasteiger partial charge in [0.15, 0.2) is 0 Å². The van der Waals surface area contributed by atoms with Crippen molar-refractivity contribution in [2.24, 2.45) is 7.05 Å². The Kier molecular flexibility index (Phi) is 5.24. The Hall–Kier alpha value is -2.93. The number of fused-ring (bicyclic) bond motifs is 3. The summed E-state index contributed by atoms with van der Waals surface area (Å²) < 4.78 is 3.16. The molecule has 7 heteroatoms. The Morgan fingerprint density at radius 1 is 1.21 bits per heavy atom. The highest BCUT2D eigenvalue weighted by Gasteiger charge is 2.25. The number of aryl methyl sites for hydroxylation is 1. The van der Waals surface area contributed by atoms with Gasteiger partial charge >= 0.3 is 0 Å². The summed E-state index contributed by atoms with van der Waals surface area (Å²) in [5.74, 6) is -0.0987. The fraction of sp³-hybridized carbons (Fsp3) is 0.318. The van der Waals surface area contributed by atoms with Crippen LogP contribution in [-0.2, 0) is 11.8 Å². The standard InChI is InChI=1S/C22H24N4O2S/c1-4-8-17(19-11-7-12-29-19)24-21(27)14(2)26-18-10-6-5-9-15(18)16-13-23-25(3)22(28)20(16)26/h5-7,9-14,17H,4,8H2,1-3H3,(H,24,27)/t14-,17+/m1/s1. The summed E-state index contributed by atoms with van der Waals surface area (Å²) in [5.41, 5.74) is 1.16. The number of thiophene rings is 1. The van der Waals surface area contributed by atoms with Crippen LogP contribution in [0.1, 0.15) is 43.6 Å². The first kappa shape index (κ1) is 19.4. The van der Waals surface area contributed by atoms with E-state index in [0.29, 0.717) is 5.52 Å². The number of benzene rings is 1. The predicted octanol–water partition coefficient (Wildman–Crippen LogP) is 4.17. The molecule has 4 aromatic rings. The summed E-state index contributed by atoms with van der Waals surface area (Å²) in [6, 6.07) is 11.3. The molecule has 2 atom stereocenters. The SMILES string of the molecule is CCC[C@H](NC(=O)[C@@H](C)n1c2ccccc2c2cnn(C)c(=O)c21)c1cccs1. The number of hydrogen-bond acceptors (Lipinski definition) is 4. The van der Waals surface area contributed by atoms with Crippen LogP contribution >= 0.6 is 11.3 Å². The third-order valence-electron chi connectivity index (χ3n) is 5.35. The first-order valence-corrected chi connectivity index (χ1v) is 10.7. The van der Waals surface area contributed by atoms with Crippen molar-refractivity contribution in [2.45, 2.75) is 38.8 Å². The van der Waals surface area contributed by atoms with E-state index in [1.165, 1.54) is 4.68 Å². The molecular formula is C22H24N4O2S. The molecule has 3 heterocycles. The van der Waals surface area contributed by atoms with Crippen molar-refractivity contribution in [1.82, 2.24) is 19.7 Å². The Labute approximate surface area is 172 Å². The predicted molar refractivity (Wildman–Crippen MR) is 117 cm³/mol. The molecule has 6 nitrogen and oxygen atoms in total. The van der Waals surface area contributed by atoms with Crippen LogP contribution in [0, 0.1) is 0 Å². The van der Waals surface area contributed by atoms with E-state index in [1.54, 1.807) is 24.6 Å². The van der Waals surface area contributed by atoms with Crippen molar-refractivity contribution in [3.05, 3.63) is 63.2 Å². The zero-order valence-electron chi connectivity index (χ0n) is 16.8. The number of rotatable bonds is 6. The van der Waals surface area contributed by atoms with Crippen LogP contribution in [0.5, 0.6) is 0 Å². The minimum atomic E-state index is -0.535. The van der Waals surface area contributed by atoms with Gasteiger partial charge in [-0.15, -0.1) is 11.3 Å². The van der Waals surface area contributed by atoms with Crippen LogP contribution in [0.25, 0.3) is 21.8 Å². The number of nitrogens with one attached hydrogen (secondary N) is 1. The van der Waals surface area contributed by atoms with Crippen LogP contribution in [0.4, 0.5) is 0 Å². The summed E-state index contributed by atoms with van der Waals surface area (Å²) in [4.78, 5) is 27.3. The largest absolute Gasteiger partial charge is 0.347 e. The third-order valence-corrected chi connectivity index (χ3v) is 6.34. The number of aromatic nitrogens is 3. The van der Waals surface area contributed by atoms with Gasteiger partial charge in [-0.1, -0.05) is 37.6 Å². The van der Waals surface area contributed by atoms with Gasteiger partial charge in [0.2, 0.25) is 5.91 Å². The van der Waals surface area contributed by atoms with Crippen molar-refractivity contribution in [3.8, 4) is 0 Å². The summed E-state index contributed by atoms with van der Waals surface area (Å²) in [6.45, 7) is 3.96. The van der Waals surface area contributed by atoms with Gasteiger partial charge in [-0.3, -0.25) is 9.59 Å². The van der Waals surface area contributed by atoms with Gasteiger partial charge < -0.3 is 9.88 Å². The molecule has 0 spiro atoms. The molecule has 1 N–H and O–H groups in total. The highest BCUT2D eigenvalue weighted by atomic mass is 32.1. The van der Waals surface area contributed by atoms with E-state index in [9.17, 15) is 9.59 Å². The van der Waals surface area contributed by atoms with Gasteiger partial charge in [-0.05, 0) is 30.9 Å². The van der Waals surface area contributed by atoms with Crippen molar-refractivity contribution in [3.63, 3.8) is 0 Å². The van der Waals surface area contributed by atoms with Crippen molar-refractivity contribution < 1.29 is 4.79 Å². The minimum absolute atomic E-state index is 0.0208. The molecule has 0 aliphatic carbocycles. The number of nitrogens with zero attached hydrogens (tertiary/aromatic N) is 3. The highest BCUT2D eigenvalue weighted by molar-refractivity contribution is 7.10. The Morgan fingerprint density at radius 3 is 2.72 bits per heavy atom. The molecule has 0 saturated heterocycles. The lowest BCUT2D eigenvalue weighted by molar-refractivity contribution is -0.124. The average Bonchev–Trinajstić information content (AvgIpc) is 3.36. The lowest BCUT2D eigenvalue weighted by Gasteiger charge is -2.22. The first-order chi connectivity index (χ1) is 14.0. The fourth-order valence-corrected chi connectivity index (χ4v) is 4.68. The van der Waals surface area contributed by atoms with Crippen LogP contribution < -0.4 is 10.9 Å². The molecule has 0 radical (unpaired) electrons. The Bertz CT molecular complexity index is 1220. The second-order valence-electron chi connectivity index (χ2n) is 7.26. The summed E-state index contributed by atoms with van der Waals surface area (Å²) in [6.07, 6.45) is 3.54. The minimum Gasteiger partial charge on any atom is -0.347 e. The van der Waals surface area contributed by atoms with E-state index in [2.05, 4.69) is 23.4 Å². The quantitative estimate of drug-likeness (QED) is 0.521. The van der Waals surface area contributed by atoms with Crippen LogP contribution in [0.15, 0.2) is 52.8 Å². The monoisotopic (exact) mass is 408 g/mol. The van der Waals surface area contributed by atoms with Gasteiger partial charge in [-0.25, -0.2) is 4.68 Å². The zero-order chi connectivity index (χ0) is 20.5. The van der Waals surface area contributed by atoms with E-state index in [-0.39, 0.29) is 17.5 Å². The smallest absolute Gasteiger partial charge is 0.291 e. The number of hydrogen-bond donors (Lipinski definition) is 1. The van der Waals surface area contributed by atoms with Crippen LogP contribution in [0.3, 0.4) is 0 Å². The molecular weight excluding hydrogens is 384 g/mol. The first-order valence-electron chi connectivity index (χ1n) is 9.81. The van der Waals surface area contributed by atoms with Gasteiger partial charge in [0.25, 0.3) is 5.56 Å². The Morgan fingerprint density at radius 2 is 2.00 bits per heavy atom. The fourth-order valence-electron chi connectivity index (χ4n) is 3.86. The Balaban J connectivity index is 1.80. The maximum Gasteiger partial charge on any atom is 0.291 e. The topological polar surface area (TPSA) is 68.9 Å². The van der Waals surface area contributed by atoms with Crippen molar-refractivity contribution >= 4 is 39.0 Å². The second kappa shape index (κ2) is 7.83. The van der Waals surface area contributed by atoms with Crippen molar-refractivity contribution in [2.75, 3.05) is 0 Å². The third kappa shape index (κ3) is 3.35. The van der Waals surface area contributed by atoms with Crippen molar-refractivity contribution in [1.29, 1.82) is 0 Å². The molecule has 3 aromatic heterocycles. The van der Waals surface area contributed by atoms with Gasteiger partial charge in [-0.2, -0.15) is 5.10 Å². The van der Waals surface area contributed by atoms with Gasteiger partial charge in [0.05, 0.1) is 17.8 Å². The maximum absolute atomic E-state index is 13.3.